The number of nitrogens with zero attached hydrogens (tertiary/aromatic N) is 3. The van der Waals surface area contributed by atoms with Gasteiger partial charge >= 0.3 is 0 Å². The average Bonchev–Trinajstić information content (AvgIpc) is 2.52. The van der Waals surface area contributed by atoms with Crippen LogP contribution in [0.25, 0.3) is 0 Å². The molecule has 2 rings (SSSR count). The molecule has 0 saturated heterocycles. The van der Waals surface area contributed by atoms with Gasteiger partial charge in [0.1, 0.15) is 29.9 Å². The Labute approximate surface area is 116 Å². The Hall–Kier alpha value is -3.05. The summed E-state index contributed by atoms with van der Waals surface area (Å²) in [6.45, 7) is 0.203. The van der Waals surface area contributed by atoms with E-state index in [2.05, 4.69) is 4.98 Å². The van der Waals surface area contributed by atoms with Crippen LogP contribution in [0.5, 0.6) is 11.5 Å². The Bertz CT molecular complexity index is 699. The van der Waals surface area contributed by atoms with E-state index in [-0.39, 0.29) is 6.61 Å². The van der Waals surface area contributed by atoms with Crippen LogP contribution >= 0.6 is 0 Å². The molecule has 0 atom stereocenters. The van der Waals surface area contributed by atoms with Crippen LogP contribution in [-0.4, -0.2) is 12.1 Å². The van der Waals surface area contributed by atoms with Gasteiger partial charge in [0.15, 0.2) is 0 Å². The Balaban J connectivity index is 2.19. The van der Waals surface area contributed by atoms with Gasteiger partial charge in [0, 0.05) is 17.8 Å². The first-order valence-corrected chi connectivity index (χ1v) is 5.83. The smallest absolute Gasteiger partial charge is 0.147 e. The molecule has 5 nitrogen and oxygen atoms in total. The van der Waals surface area contributed by atoms with E-state index in [1.807, 2.05) is 12.1 Å². The fourth-order valence-corrected chi connectivity index (χ4v) is 1.65. The van der Waals surface area contributed by atoms with Gasteiger partial charge in [-0.15, -0.1) is 0 Å². The van der Waals surface area contributed by atoms with Gasteiger partial charge < -0.3 is 9.47 Å². The molecule has 0 unspecified atom stereocenters. The zero-order valence-electron chi connectivity index (χ0n) is 10.8. The third-order valence-electron chi connectivity index (χ3n) is 2.64. The van der Waals surface area contributed by atoms with Gasteiger partial charge in [-0.25, -0.2) is 4.98 Å². The fraction of sp³-hybridized carbons (Fsp3) is 0.133. The van der Waals surface area contributed by atoms with Crippen molar-refractivity contribution in [2.75, 3.05) is 7.11 Å². The fourth-order valence-electron chi connectivity index (χ4n) is 1.65. The highest BCUT2D eigenvalue weighted by Gasteiger charge is 2.06. The molecule has 0 saturated carbocycles. The van der Waals surface area contributed by atoms with Crippen molar-refractivity contribution in [3.05, 3.63) is 53.3 Å². The van der Waals surface area contributed by atoms with E-state index < -0.39 is 0 Å². The van der Waals surface area contributed by atoms with Gasteiger partial charge in [-0.1, -0.05) is 6.07 Å². The maximum Gasteiger partial charge on any atom is 0.147 e. The molecule has 0 fully saturated rings. The minimum absolute atomic E-state index is 0.203. The van der Waals surface area contributed by atoms with Gasteiger partial charge in [-0.3, -0.25) is 0 Å². The predicted octanol–water partition coefficient (Wildman–Crippen LogP) is 2.41. The van der Waals surface area contributed by atoms with Gasteiger partial charge in [0.2, 0.25) is 0 Å². The Morgan fingerprint density at radius 2 is 1.95 bits per heavy atom. The van der Waals surface area contributed by atoms with Crippen molar-refractivity contribution in [2.45, 2.75) is 6.61 Å². The molecule has 1 aromatic heterocycles. The summed E-state index contributed by atoms with van der Waals surface area (Å²) in [5, 5.41) is 17.9. The number of methoxy groups -OCH3 is 1. The van der Waals surface area contributed by atoms with Gasteiger partial charge in [0.05, 0.1) is 18.7 Å². The highest BCUT2D eigenvalue weighted by molar-refractivity contribution is 5.44. The third kappa shape index (κ3) is 3.04. The molecule has 0 aliphatic rings. The van der Waals surface area contributed by atoms with Crippen LogP contribution in [0.4, 0.5) is 0 Å². The number of ether oxygens (including phenoxy) is 2. The molecule has 0 radical (unpaired) electrons. The van der Waals surface area contributed by atoms with Crippen LogP contribution in [0.3, 0.4) is 0 Å². The molecule has 0 spiro atoms. The normalized spacial score (nSPS) is 9.35. The molecule has 20 heavy (non-hydrogen) atoms. The molecule has 0 bridgehead atoms. The first kappa shape index (κ1) is 13.4. The van der Waals surface area contributed by atoms with E-state index in [0.29, 0.717) is 28.3 Å². The van der Waals surface area contributed by atoms with Crippen LogP contribution in [0.1, 0.15) is 16.8 Å². The lowest BCUT2D eigenvalue weighted by Gasteiger charge is -2.09. The summed E-state index contributed by atoms with van der Waals surface area (Å²) in [6.07, 6.45) is 1.56. The molecule has 98 valence electrons. The topological polar surface area (TPSA) is 78.9 Å². The summed E-state index contributed by atoms with van der Waals surface area (Å²) in [7, 11) is 1.52. The van der Waals surface area contributed by atoms with E-state index in [9.17, 15) is 0 Å². The first-order chi connectivity index (χ1) is 9.76. The third-order valence-corrected chi connectivity index (χ3v) is 2.64. The van der Waals surface area contributed by atoms with E-state index >= 15 is 0 Å². The molecule has 0 N–H and O–H groups in total. The van der Waals surface area contributed by atoms with Gasteiger partial charge in [-0.05, 0) is 18.2 Å². The summed E-state index contributed by atoms with van der Waals surface area (Å²) >= 11 is 0. The average molecular weight is 265 g/mol. The summed E-state index contributed by atoms with van der Waals surface area (Å²) in [6, 6.07) is 12.5. The zero-order valence-corrected chi connectivity index (χ0v) is 10.8. The van der Waals surface area contributed by atoms with Crippen LogP contribution in [0.2, 0.25) is 0 Å². The predicted molar refractivity (Wildman–Crippen MR) is 71.0 cm³/mol. The Morgan fingerprint density at radius 1 is 1.15 bits per heavy atom. The van der Waals surface area contributed by atoms with Crippen molar-refractivity contribution in [2.24, 2.45) is 0 Å². The molecule has 1 heterocycles. The highest BCUT2D eigenvalue weighted by Crippen LogP contribution is 2.23. The van der Waals surface area contributed by atoms with Crippen LogP contribution in [0, 0.1) is 22.7 Å². The lowest BCUT2D eigenvalue weighted by molar-refractivity contribution is 0.302. The van der Waals surface area contributed by atoms with E-state index in [1.54, 1.807) is 36.5 Å². The lowest BCUT2D eigenvalue weighted by Crippen LogP contribution is -2.00. The van der Waals surface area contributed by atoms with Crippen molar-refractivity contribution in [3.8, 4) is 23.6 Å². The van der Waals surface area contributed by atoms with Crippen molar-refractivity contribution in [3.63, 3.8) is 0 Å². The first-order valence-electron chi connectivity index (χ1n) is 5.83. The maximum atomic E-state index is 8.95. The number of pyridine rings is 1. The van der Waals surface area contributed by atoms with Gasteiger partial charge in [0.25, 0.3) is 0 Å². The Kier molecular flexibility index (Phi) is 4.16. The highest BCUT2D eigenvalue weighted by atomic mass is 16.5. The quantitative estimate of drug-likeness (QED) is 0.848. The molecule has 2 aromatic rings. The number of hydrogen-bond acceptors (Lipinski definition) is 5. The van der Waals surface area contributed by atoms with Crippen molar-refractivity contribution >= 4 is 0 Å². The minimum atomic E-state index is 0.203. The molecule has 0 aliphatic heterocycles. The maximum absolute atomic E-state index is 8.95. The second kappa shape index (κ2) is 6.21. The molecular formula is C15H11N3O2. The summed E-state index contributed by atoms with van der Waals surface area (Å²) in [5.74, 6) is 1.05. The van der Waals surface area contributed by atoms with Crippen LogP contribution in [0.15, 0.2) is 36.5 Å². The van der Waals surface area contributed by atoms with E-state index in [1.165, 1.54) is 7.11 Å². The standard InChI is InChI=1S/C15H11N3O2/c1-19-13-5-11(8-16)6-14(7-13)20-10-12-3-2-4-18-15(12)9-17/h2-7H,10H2,1H3. The van der Waals surface area contributed by atoms with E-state index in [0.717, 1.165) is 0 Å². The number of rotatable bonds is 4. The second-order valence-corrected chi connectivity index (χ2v) is 3.92. The van der Waals surface area contributed by atoms with Crippen LogP contribution in [-0.2, 0) is 6.61 Å². The molecule has 5 heteroatoms. The number of nitriles is 2. The van der Waals surface area contributed by atoms with E-state index in [4.69, 9.17) is 20.0 Å². The lowest BCUT2D eigenvalue weighted by atomic mass is 10.2. The van der Waals surface area contributed by atoms with Crippen molar-refractivity contribution < 1.29 is 9.47 Å². The SMILES string of the molecule is COc1cc(C#N)cc(OCc2cccnc2C#N)c1. The number of benzene rings is 1. The zero-order chi connectivity index (χ0) is 14.4. The Morgan fingerprint density at radius 3 is 2.65 bits per heavy atom. The molecule has 1 aromatic carbocycles. The van der Waals surface area contributed by atoms with Crippen molar-refractivity contribution in [1.29, 1.82) is 10.5 Å². The summed E-state index contributed by atoms with van der Waals surface area (Å²) in [5.41, 5.74) is 1.47. The molecule has 0 aliphatic carbocycles. The monoisotopic (exact) mass is 265 g/mol. The van der Waals surface area contributed by atoms with Crippen molar-refractivity contribution in [1.82, 2.24) is 4.98 Å². The largest absolute Gasteiger partial charge is 0.497 e. The summed E-state index contributed by atoms with van der Waals surface area (Å²) < 4.78 is 10.7. The number of aromatic nitrogens is 1. The van der Waals surface area contributed by atoms with Gasteiger partial charge in [-0.2, -0.15) is 10.5 Å². The van der Waals surface area contributed by atoms with Crippen LogP contribution < -0.4 is 9.47 Å². The second-order valence-electron chi connectivity index (χ2n) is 3.92. The molecular weight excluding hydrogens is 254 g/mol. The number of hydrogen-bond donors (Lipinski definition) is 0. The minimum Gasteiger partial charge on any atom is -0.497 e. The molecule has 0 amide bonds. The summed E-state index contributed by atoms with van der Waals surface area (Å²) in [4.78, 5) is 3.96.